The zero-order valence-electron chi connectivity index (χ0n) is 6.25. The van der Waals surface area contributed by atoms with Crippen molar-refractivity contribution in [1.82, 2.24) is 12.3 Å². The molecule has 10 heavy (non-hydrogen) atoms. The van der Waals surface area contributed by atoms with Gasteiger partial charge in [-0.25, -0.2) is 0 Å². The summed E-state index contributed by atoms with van der Waals surface area (Å²) in [6.45, 7) is 1.72. The summed E-state index contributed by atoms with van der Waals surface area (Å²) in [4.78, 5) is 0. The molecule has 0 aromatic carbocycles. The molecule has 1 atom stereocenters. The SMILES string of the molecule is CCC(N)C(N)(O)O.N.N. The molecule has 1 unspecified atom stereocenters. The van der Waals surface area contributed by atoms with E-state index in [1.165, 1.54) is 0 Å². The highest BCUT2D eigenvalue weighted by atomic mass is 16.5. The average Bonchev–Trinajstić information content (AvgIpc) is 1.62. The van der Waals surface area contributed by atoms with Crippen molar-refractivity contribution in [2.45, 2.75) is 25.3 Å². The third-order valence-electron chi connectivity index (χ3n) is 0.986. The molecule has 0 radical (unpaired) electrons. The van der Waals surface area contributed by atoms with Gasteiger partial charge in [-0.2, -0.15) is 0 Å². The Morgan fingerprint density at radius 2 is 1.70 bits per heavy atom. The highest BCUT2D eigenvalue weighted by molar-refractivity contribution is 4.69. The minimum atomic E-state index is -2.21. The topological polar surface area (TPSA) is 162 Å². The molecule has 12 N–H and O–H groups in total. The molecular weight excluding hydrogens is 136 g/mol. The molecule has 0 amide bonds. The fourth-order valence-corrected chi connectivity index (χ4v) is 0.300. The van der Waals surface area contributed by atoms with E-state index in [0.29, 0.717) is 6.42 Å². The number of aliphatic hydroxyl groups is 2. The molecule has 6 nitrogen and oxygen atoms in total. The van der Waals surface area contributed by atoms with Gasteiger partial charge in [0.15, 0.2) is 0 Å². The summed E-state index contributed by atoms with van der Waals surface area (Å²) < 4.78 is 0. The van der Waals surface area contributed by atoms with E-state index >= 15 is 0 Å². The van der Waals surface area contributed by atoms with Crippen LogP contribution in [0.25, 0.3) is 0 Å². The minimum Gasteiger partial charge on any atom is -0.352 e. The Hall–Kier alpha value is -0.240. The van der Waals surface area contributed by atoms with Crippen molar-refractivity contribution in [3.8, 4) is 0 Å². The number of nitrogens with two attached hydrogens (primary N) is 2. The molecule has 0 heterocycles. The van der Waals surface area contributed by atoms with Gasteiger partial charge in [-0.1, -0.05) is 6.92 Å². The van der Waals surface area contributed by atoms with Gasteiger partial charge in [0.2, 0.25) is 5.91 Å². The van der Waals surface area contributed by atoms with Crippen LogP contribution in [0.3, 0.4) is 0 Å². The van der Waals surface area contributed by atoms with Crippen LogP contribution >= 0.6 is 0 Å². The predicted octanol–water partition coefficient (Wildman–Crippen LogP) is -1.36. The third kappa shape index (κ3) is 5.89. The summed E-state index contributed by atoms with van der Waals surface area (Å²) >= 11 is 0. The van der Waals surface area contributed by atoms with Gasteiger partial charge in [-0.3, -0.25) is 5.73 Å². The Kier molecular flexibility index (Phi) is 9.08. The van der Waals surface area contributed by atoms with Crippen LogP contribution in [-0.2, 0) is 0 Å². The Balaban J connectivity index is -0.000000245. The van der Waals surface area contributed by atoms with Crippen LogP contribution < -0.4 is 23.8 Å². The molecule has 0 saturated carbocycles. The maximum Gasteiger partial charge on any atom is 0.235 e. The Labute approximate surface area is 60.4 Å². The lowest BCUT2D eigenvalue weighted by Crippen LogP contribution is -2.54. The molecular formula is C4H18N4O2. The Bertz CT molecular complexity index is 72.1. The van der Waals surface area contributed by atoms with E-state index in [-0.39, 0.29) is 12.3 Å². The smallest absolute Gasteiger partial charge is 0.235 e. The first-order valence-electron chi connectivity index (χ1n) is 2.47. The standard InChI is InChI=1S/C4H12N2O2.2H3N/c1-2-3(5)4(6,7)8;;/h3,7-8H,2,5-6H2,1H3;2*1H3. The molecule has 0 aliphatic carbocycles. The third-order valence-corrected chi connectivity index (χ3v) is 0.986. The largest absolute Gasteiger partial charge is 0.352 e. The zero-order valence-corrected chi connectivity index (χ0v) is 6.25. The lowest BCUT2D eigenvalue weighted by Gasteiger charge is -2.21. The molecule has 0 aliphatic rings. The van der Waals surface area contributed by atoms with E-state index in [4.69, 9.17) is 21.7 Å². The number of hydrogen-bond acceptors (Lipinski definition) is 6. The van der Waals surface area contributed by atoms with Crippen molar-refractivity contribution in [2.24, 2.45) is 11.5 Å². The van der Waals surface area contributed by atoms with Crippen molar-refractivity contribution in [3.05, 3.63) is 0 Å². The number of rotatable bonds is 2. The second kappa shape index (κ2) is 5.54. The first-order chi connectivity index (χ1) is 3.48. The van der Waals surface area contributed by atoms with Crippen LogP contribution in [-0.4, -0.2) is 22.2 Å². The maximum atomic E-state index is 8.49. The first-order valence-corrected chi connectivity index (χ1v) is 2.47. The van der Waals surface area contributed by atoms with E-state index in [9.17, 15) is 0 Å². The molecule has 0 saturated heterocycles. The summed E-state index contributed by atoms with van der Waals surface area (Å²) in [5, 5.41) is 17.0. The van der Waals surface area contributed by atoms with Crippen molar-refractivity contribution in [1.29, 1.82) is 0 Å². The maximum absolute atomic E-state index is 8.49. The van der Waals surface area contributed by atoms with Gasteiger partial charge in [0, 0.05) is 0 Å². The molecule has 0 aromatic rings. The molecule has 0 aromatic heterocycles. The fraction of sp³-hybridized carbons (Fsp3) is 1.00. The summed E-state index contributed by atoms with van der Waals surface area (Å²) in [5.74, 6) is -2.21. The summed E-state index contributed by atoms with van der Waals surface area (Å²) in [5.41, 5.74) is 9.90. The van der Waals surface area contributed by atoms with Gasteiger partial charge in [-0.15, -0.1) is 0 Å². The molecule has 0 spiro atoms. The van der Waals surface area contributed by atoms with E-state index in [2.05, 4.69) is 0 Å². The molecule has 0 fully saturated rings. The van der Waals surface area contributed by atoms with Crippen LogP contribution in [0.15, 0.2) is 0 Å². The van der Waals surface area contributed by atoms with Crippen LogP contribution in [0.4, 0.5) is 0 Å². The Morgan fingerprint density at radius 1 is 1.40 bits per heavy atom. The van der Waals surface area contributed by atoms with E-state index < -0.39 is 12.0 Å². The van der Waals surface area contributed by atoms with Crippen LogP contribution in [0.5, 0.6) is 0 Å². The molecule has 0 aliphatic heterocycles. The molecule has 0 rings (SSSR count). The quantitative estimate of drug-likeness (QED) is 0.269. The zero-order chi connectivity index (χ0) is 6.78. The van der Waals surface area contributed by atoms with Gasteiger partial charge in [0.1, 0.15) is 0 Å². The fourth-order valence-electron chi connectivity index (χ4n) is 0.300. The second-order valence-electron chi connectivity index (χ2n) is 1.80. The van der Waals surface area contributed by atoms with Crippen molar-refractivity contribution >= 4 is 0 Å². The van der Waals surface area contributed by atoms with Crippen molar-refractivity contribution in [2.75, 3.05) is 0 Å². The van der Waals surface area contributed by atoms with Crippen LogP contribution in [0, 0.1) is 0 Å². The van der Waals surface area contributed by atoms with Crippen molar-refractivity contribution in [3.63, 3.8) is 0 Å². The first kappa shape index (κ1) is 16.4. The van der Waals surface area contributed by atoms with Gasteiger partial charge in [-0.05, 0) is 6.42 Å². The van der Waals surface area contributed by atoms with Crippen LogP contribution in [0.2, 0.25) is 0 Å². The van der Waals surface area contributed by atoms with Gasteiger partial charge in [0.25, 0.3) is 0 Å². The Morgan fingerprint density at radius 3 is 1.70 bits per heavy atom. The minimum absolute atomic E-state index is 0. The van der Waals surface area contributed by atoms with E-state index in [1.807, 2.05) is 0 Å². The average molecular weight is 154 g/mol. The molecule has 6 heteroatoms. The summed E-state index contributed by atoms with van der Waals surface area (Å²) in [6, 6.07) is -0.762. The summed E-state index contributed by atoms with van der Waals surface area (Å²) in [6.07, 6.45) is 0.448. The lowest BCUT2D eigenvalue weighted by molar-refractivity contribution is -0.171. The monoisotopic (exact) mass is 154 g/mol. The highest BCUT2D eigenvalue weighted by Crippen LogP contribution is 1.97. The predicted molar refractivity (Wildman–Crippen MR) is 39.7 cm³/mol. The van der Waals surface area contributed by atoms with E-state index in [1.54, 1.807) is 6.92 Å². The summed E-state index contributed by atoms with van der Waals surface area (Å²) in [7, 11) is 0. The second-order valence-corrected chi connectivity index (χ2v) is 1.80. The highest BCUT2D eigenvalue weighted by Gasteiger charge is 2.23. The number of hydrogen-bond donors (Lipinski definition) is 6. The van der Waals surface area contributed by atoms with Crippen molar-refractivity contribution < 1.29 is 10.2 Å². The van der Waals surface area contributed by atoms with Crippen LogP contribution in [0.1, 0.15) is 13.3 Å². The normalized spacial score (nSPS) is 12.9. The van der Waals surface area contributed by atoms with Gasteiger partial charge < -0.3 is 28.2 Å². The van der Waals surface area contributed by atoms with Gasteiger partial charge in [0.05, 0.1) is 6.04 Å². The van der Waals surface area contributed by atoms with Gasteiger partial charge >= 0.3 is 0 Å². The lowest BCUT2D eigenvalue weighted by atomic mass is 10.2. The molecule has 0 bridgehead atoms. The molecule has 66 valence electrons. The van der Waals surface area contributed by atoms with E-state index in [0.717, 1.165) is 0 Å².